The van der Waals surface area contributed by atoms with Gasteiger partial charge >= 0.3 is 0 Å². The highest BCUT2D eigenvalue weighted by Gasteiger charge is 2.10. The highest BCUT2D eigenvalue weighted by Crippen LogP contribution is 2.33. The summed E-state index contributed by atoms with van der Waals surface area (Å²) in [7, 11) is 0. The first-order chi connectivity index (χ1) is 9.60. The number of nitrogens with zero attached hydrogens (tertiary/aromatic N) is 2. The van der Waals surface area contributed by atoms with Crippen LogP contribution in [0, 0.1) is 0 Å². The van der Waals surface area contributed by atoms with Crippen LogP contribution in [0.25, 0.3) is 0 Å². The largest absolute Gasteiger partial charge is 0.370 e. The van der Waals surface area contributed by atoms with Crippen LogP contribution < -0.4 is 5.32 Å². The van der Waals surface area contributed by atoms with Gasteiger partial charge in [0.25, 0.3) is 0 Å². The van der Waals surface area contributed by atoms with Crippen LogP contribution in [0.4, 0.5) is 5.82 Å². The maximum absolute atomic E-state index is 6.20. The van der Waals surface area contributed by atoms with E-state index in [-0.39, 0.29) is 0 Å². The second-order valence-corrected chi connectivity index (χ2v) is 6.14. The molecule has 20 heavy (non-hydrogen) atoms. The molecule has 0 atom stereocenters. The molecule has 2 aromatic rings. The molecule has 0 aliphatic rings. The van der Waals surface area contributed by atoms with Crippen LogP contribution in [-0.2, 0) is 0 Å². The molecule has 0 saturated heterocycles. The molecule has 0 amide bonds. The third-order valence-electron chi connectivity index (χ3n) is 2.65. The first-order valence-corrected chi connectivity index (χ1v) is 7.84. The van der Waals surface area contributed by atoms with E-state index in [1.54, 1.807) is 11.8 Å². The maximum atomic E-state index is 6.20. The number of hydrogen-bond donors (Lipinski definition) is 1. The van der Waals surface area contributed by atoms with Gasteiger partial charge in [0, 0.05) is 23.4 Å². The minimum Gasteiger partial charge on any atom is -0.370 e. The van der Waals surface area contributed by atoms with E-state index in [1.165, 1.54) is 0 Å². The van der Waals surface area contributed by atoms with Crippen molar-refractivity contribution in [1.82, 2.24) is 9.97 Å². The number of anilines is 1. The molecule has 1 heterocycles. The lowest BCUT2D eigenvalue weighted by molar-refractivity contribution is 0.754. The normalized spacial score (nSPS) is 10.8. The van der Waals surface area contributed by atoms with Gasteiger partial charge in [0.05, 0.1) is 5.02 Å². The van der Waals surface area contributed by atoms with Gasteiger partial charge in [0.15, 0.2) is 0 Å². The molecule has 2 rings (SSSR count). The summed E-state index contributed by atoms with van der Waals surface area (Å²) in [4.78, 5) is 10.1. The van der Waals surface area contributed by atoms with Gasteiger partial charge in [0.1, 0.15) is 16.7 Å². The van der Waals surface area contributed by atoms with Gasteiger partial charge in [-0.3, -0.25) is 0 Å². The summed E-state index contributed by atoms with van der Waals surface area (Å²) >= 11 is 7.76. The molecule has 3 nitrogen and oxygen atoms in total. The molecule has 0 aliphatic heterocycles. The van der Waals surface area contributed by atoms with Crippen molar-refractivity contribution in [3.05, 3.63) is 41.2 Å². The van der Waals surface area contributed by atoms with E-state index in [2.05, 4.69) is 36.1 Å². The summed E-state index contributed by atoms with van der Waals surface area (Å²) in [6.45, 7) is 7.08. The fourth-order valence-corrected chi connectivity index (χ4v) is 2.76. The molecule has 0 spiro atoms. The Balaban J connectivity index is 2.33. The van der Waals surface area contributed by atoms with Crippen LogP contribution >= 0.6 is 23.4 Å². The molecule has 0 unspecified atom stereocenters. The fraction of sp³-hybridized carbons (Fsp3) is 0.333. The molecule has 5 heteroatoms. The Hall–Kier alpha value is -1.26. The monoisotopic (exact) mass is 307 g/mol. The van der Waals surface area contributed by atoms with E-state index in [0.717, 1.165) is 33.1 Å². The average Bonchev–Trinajstić information content (AvgIpc) is 2.41. The van der Waals surface area contributed by atoms with Crippen LogP contribution in [0.2, 0.25) is 5.02 Å². The first kappa shape index (κ1) is 15.1. The van der Waals surface area contributed by atoms with E-state index >= 15 is 0 Å². The van der Waals surface area contributed by atoms with Crippen LogP contribution in [0.3, 0.4) is 0 Å². The zero-order valence-corrected chi connectivity index (χ0v) is 13.4. The van der Waals surface area contributed by atoms with E-state index in [9.17, 15) is 0 Å². The summed E-state index contributed by atoms with van der Waals surface area (Å²) in [6.07, 6.45) is 0. The quantitative estimate of drug-likeness (QED) is 0.802. The molecular weight excluding hydrogens is 290 g/mol. The summed E-state index contributed by atoms with van der Waals surface area (Å²) in [6, 6.07) is 9.75. The lowest BCUT2D eigenvalue weighted by Crippen LogP contribution is -2.05. The van der Waals surface area contributed by atoms with Crippen molar-refractivity contribution in [2.75, 3.05) is 11.9 Å². The molecular formula is C15H18ClN3S. The van der Waals surface area contributed by atoms with E-state index in [0.29, 0.717) is 5.92 Å². The average molecular weight is 308 g/mol. The van der Waals surface area contributed by atoms with Crippen molar-refractivity contribution in [2.24, 2.45) is 0 Å². The van der Waals surface area contributed by atoms with Gasteiger partial charge in [-0.15, -0.1) is 0 Å². The Morgan fingerprint density at radius 3 is 2.65 bits per heavy atom. The van der Waals surface area contributed by atoms with E-state index in [4.69, 9.17) is 11.6 Å². The molecule has 0 radical (unpaired) electrons. The van der Waals surface area contributed by atoms with E-state index < -0.39 is 0 Å². The number of halogens is 1. The van der Waals surface area contributed by atoms with Crippen molar-refractivity contribution >= 4 is 29.2 Å². The molecule has 1 N–H and O–H groups in total. The molecule has 106 valence electrons. The molecule has 1 aromatic heterocycles. The van der Waals surface area contributed by atoms with Gasteiger partial charge in [-0.2, -0.15) is 0 Å². The first-order valence-electron chi connectivity index (χ1n) is 6.65. The minimum absolute atomic E-state index is 0.291. The van der Waals surface area contributed by atoms with Crippen LogP contribution in [0.5, 0.6) is 0 Å². The zero-order valence-electron chi connectivity index (χ0n) is 11.9. The summed E-state index contributed by atoms with van der Waals surface area (Å²) < 4.78 is 0. The van der Waals surface area contributed by atoms with Crippen molar-refractivity contribution in [3.63, 3.8) is 0 Å². The molecule has 0 saturated carbocycles. The highest BCUT2D eigenvalue weighted by molar-refractivity contribution is 7.99. The minimum atomic E-state index is 0.291. The van der Waals surface area contributed by atoms with Gasteiger partial charge in [0.2, 0.25) is 0 Å². The number of rotatable bonds is 5. The third-order valence-corrected chi connectivity index (χ3v) is 4.08. The lowest BCUT2D eigenvalue weighted by Gasteiger charge is -2.11. The number of nitrogens with one attached hydrogen (secondary N) is 1. The van der Waals surface area contributed by atoms with Crippen molar-refractivity contribution in [2.45, 2.75) is 36.6 Å². The predicted molar refractivity (Wildman–Crippen MR) is 85.9 cm³/mol. The van der Waals surface area contributed by atoms with Crippen molar-refractivity contribution < 1.29 is 0 Å². The predicted octanol–water partition coefficient (Wildman–Crippen LogP) is 4.84. The van der Waals surface area contributed by atoms with Crippen LogP contribution in [-0.4, -0.2) is 16.5 Å². The standard InChI is InChI=1S/C15H18ClN3S/c1-4-17-13-9-14(19-15(18-13)10(2)3)20-12-8-6-5-7-11(12)16/h5-10H,4H2,1-3H3,(H,17,18,19). The Labute approximate surface area is 129 Å². The third kappa shape index (κ3) is 3.87. The second kappa shape index (κ2) is 6.95. The number of aromatic nitrogens is 2. The number of hydrogen-bond acceptors (Lipinski definition) is 4. The summed E-state index contributed by atoms with van der Waals surface area (Å²) in [5.74, 6) is 2.00. The smallest absolute Gasteiger partial charge is 0.134 e. The molecule has 1 aromatic carbocycles. The van der Waals surface area contributed by atoms with Gasteiger partial charge in [-0.25, -0.2) is 9.97 Å². The zero-order chi connectivity index (χ0) is 14.5. The summed E-state index contributed by atoms with van der Waals surface area (Å²) in [5, 5.41) is 4.90. The maximum Gasteiger partial charge on any atom is 0.134 e. The second-order valence-electron chi connectivity index (χ2n) is 4.67. The molecule has 0 fully saturated rings. The summed E-state index contributed by atoms with van der Waals surface area (Å²) in [5.41, 5.74) is 0. The van der Waals surface area contributed by atoms with E-state index in [1.807, 2.05) is 30.3 Å². The van der Waals surface area contributed by atoms with Gasteiger partial charge < -0.3 is 5.32 Å². The lowest BCUT2D eigenvalue weighted by atomic mass is 10.2. The number of benzene rings is 1. The Morgan fingerprint density at radius 2 is 2.00 bits per heavy atom. The Kier molecular flexibility index (Phi) is 5.26. The van der Waals surface area contributed by atoms with Crippen molar-refractivity contribution in [3.8, 4) is 0 Å². The molecule has 0 bridgehead atoms. The van der Waals surface area contributed by atoms with Gasteiger partial charge in [-0.05, 0) is 19.1 Å². The topological polar surface area (TPSA) is 37.8 Å². The fourth-order valence-electron chi connectivity index (χ4n) is 1.67. The SMILES string of the molecule is CCNc1cc(Sc2ccccc2Cl)nc(C(C)C)n1. The molecule has 0 aliphatic carbocycles. The Morgan fingerprint density at radius 1 is 1.25 bits per heavy atom. The Bertz CT molecular complexity index is 587. The van der Waals surface area contributed by atoms with Gasteiger partial charge in [-0.1, -0.05) is 49.3 Å². The van der Waals surface area contributed by atoms with Crippen molar-refractivity contribution in [1.29, 1.82) is 0 Å². The highest BCUT2D eigenvalue weighted by atomic mass is 35.5. The van der Waals surface area contributed by atoms with Crippen LogP contribution in [0.1, 0.15) is 32.5 Å². The van der Waals surface area contributed by atoms with Crippen LogP contribution in [0.15, 0.2) is 40.3 Å².